The van der Waals surface area contributed by atoms with Crippen LogP contribution in [-0.2, 0) is 14.3 Å². The van der Waals surface area contributed by atoms with Gasteiger partial charge in [-0.3, -0.25) is 4.79 Å². The third-order valence-corrected chi connectivity index (χ3v) is 1.76. The number of hydrogen-bond donors (Lipinski definition) is 0. The zero-order chi connectivity index (χ0) is 9.94. The van der Waals surface area contributed by atoms with Crippen LogP contribution in [0.5, 0.6) is 0 Å². The van der Waals surface area contributed by atoms with Gasteiger partial charge in [0.1, 0.15) is 12.7 Å². The fourth-order valence-electron chi connectivity index (χ4n) is 1.02. The first-order valence-corrected chi connectivity index (χ1v) is 4.90. The Labute approximate surface area is 79.5 Å². The molecule has 0 spiro atoms. The van der Waals surface area contributed by atoms with E-state index in [0.29, 0.717) is 12.9 Å². The van der Waals surface area contributed by atoms with Gasteiger partial charge in [0.15, 0.2) is 0 Å². The van der Waals surface area contributed by atoms with Gasteiger partial charge < -0.3 is 9.53 Å². The van der Waals surface area contributed by atoms with Crippen LogP contribution in [0, 0.1) is 0 Å². The summed E-state index contributed by atoms with van der Waals surface area (Å²) in [6.07, 6.45) is 6.11. The molecule has 0 saturated carbocycles. The Bertz CT molecular complexity index is 143. The van der Waals surface area contributed by atoms with Crippen molar-refractivity contribution in [2.45, 2.75) is 45.4 Å². The zero-order valence-electron chi connectivity index (χ0n) is 8.25. The predicted octanol–water partition coefficient (Wildman–Crippen LogP) is 2.09. The minimum Gasteiger partial charge on any atom is -0.465 e. The molecule has 0 aromatic heterocycles. The molecule has 0 aliphatic rings. The Morgan fingerprint density at radius 3 is 2.54 bits per heavy atom. The van der Waals surface area contributed by atoms with Crippen LogP contribution in [0.3, 0.4) is 0 Å². The van der Waals surface area contributed by atoms with Gasteiger partial charge in [0.25, 0.3) is 0 Å². The number of esters is 1. The van der Waals surface area contributed by atoms with Crippen LogP contribution in [0.4, 0.5) is 0 Å². The van der Waals surface area contributed by atoms with Crippen molar-refractivity contribution >= 4 is 12.3 Å². The highest BCUT2D eigenvalue weighted by atomic mass is 16.5. The number of unbranched alkanes of at least 4 members (excludes halogenated alkanes) is 4. The fourth-order valence-corrected chi connectivity index (χ4v) is 1.02. The highest BCUT2D eigenvalue weighted by Gasteiger charge is 1.99. The Balaban J connectivity index is 3.06. The SMILES string of the molecule is CCCCCCCOC(=O)CC=O. The second-order valence-corrected chi connectivity index (χ2v) is 3.01. The van der Waals surface area contributed by atoms with Crippen molar-refractivity contribution in [2.75, 3.05) is 6.61 Å². The summed E-state index contributed by atoms with van der Waals surface area (Å²) >= 11 is 0. The molecule has 0 aromatic carbocycles. The molecule has 13 heavy (non-hydrogen) atoms. The van der Waals surface area contributed by atoms with Crippen LogP contribution in [0.15, 0.2) is 0 Å². The molecular formula is C10H18O3. The van der Waals surface area contributed by atoms with E-state index < -0.39 is 5.97 Å². The lowest BCUT2D eigenvalue weighted by Crippen LogP contribution is -2.05. The third-order valence-electron chi connectivity index (χ3n) is 1.76. The minimum absolute atomic E-state index is 0.116. The molecule has 0 amide bonds. The monoisotopic (exact) mass is 186 g/mol. The van der Waals surface area contributed by atoms with Gasteiger partial charge in [-0.25, -0.2) is 0 Å². The summed E-state index contributed by atoms with van der Waals surface area (Å²) in [6.45, 7) is 2.61. The van der Waals surface area contributed by atoms with E-state index in [1.807, 2.05) is 0 Å². The van der Waals surface area contributed by atoms with Crippen molar-refractivity contribution in [1.29, 1.82) is 0 Å². The van der Waals surface area contributed by atoms with Gasteiger partial charge in [-0.1, -0.05) is 32.6 Å². The average molecular weight is 186 g/mol. The molecule has 0 radical (unpaired) electrons. The van der Waals surface area contributed by atoms with Crippen molar-refractivity contribution in [3.05, 3.63) is 0 Å². The van der Waals surface area contributed by atoms with Crippen molar-refractivity contribution in [2.24, 2.45) is 0 Å². The molecule has 0 N–H and O–H groups in total. The van der Waals surface area contributed by atoms with Crippen LogP contribution >= 0.6 is 0 Å². The first-order chi connectivity index (χ1) is 6.31. The summed E-state index contributed by atoms with van der Waals surface area (Å²) < 4.78 is 4.79. The molecule has 3 nitrogen and oxygen atoms in total. The van der Waals surface area contributed by atoms with E-state index in [4.69, 9.17) is 4.74 Å². The van der Waals surface area contributed by atoms with Crippen molar-refractivity contribution < 1.29 is 14.3 Å². The molecule has 3 heteroatoms. The Morgan fingerprint density at radius 1 is 1.23 bits per heavy atom. The third kappa shape index (κ3) is 9.05. The standard InChI is InChI=1S/C10H18O3/c1-2-3-4-5-6-9-13-10(12)7-8-11/h8H,2-7,9H2,1H3. The van der Waals surface area contributed by atoms with E-state index in [2.05, 4.69) is 6.92 Å². The lowest BCUT2D eigenvalue weighted by Gasteiger charge is -2.01. The Hall–Kier alpha value is -0.860. The molecule has 0 aliphatic heterocycles. The largest absolute Gasteiger partial charge is 0.465 e. The molecule has 0 rings (SSSR count). The number of carbonyl (C=O) groups excluding carboxylic acids is 2. The molecule has 0 saturated heterocycles. The molecular weight excluding hydrogens is 168 g/mol. The first-order valence-electron chi connectivity index (χ1n) is 4.90. The molecule has 0 fully saturated rings. The summed E-state index contributed by atoms with van der Waals surface area (Å²) in [5, 5.41) is 0. The first kappa shape index (κ1) is 12.1. The molecule has 0 aromatic rings. The van der Waals surface area contributed by atoms with E-state index in [9.17, 15) is 9.59 Å². The van der Waals surface area contributed by atoms with Crippen LogP contribution in [-0.4, -0.2) is 18.9 Å². The number of rotatable bonds is 8. The fraction of sp³-hybridized carbons (Fsp3) is 0.800. The van der Waals surface area contributed by atoms with E-state index in [1.54, 1.807) is 0 Å². The molecule has 0 unspecified atom stereocenters. The van der Waals surface area contributed by atoms with Crippen molar-refractivity contribution in [1.82, 2.24) is 0 Å². The topological polar surface area (TPSA) is 43.4 Å². The summed E-state index contributed by atoms with van der Waals surface area (Å²) in [7, 11) is 0. The number of aldehydes is 1. The van der Waals surface area contributed by atoms with Gasteiger partial charge >= 0.3 is 5.97 Å². The van der Waals surface area contributed by atoms with Gasteiger partial charge in [-0.2, -0.15) is 0 Å². The van der Waals surface area contributed by atoms with Gasteiger partial charge in [0.2, 0.25) is 0 Å². The Morgan fingerprint density at radius 2 is 1.92 bits per heavy atom. The molecule has 0 aliphatic carbocycles. The second kappa shape index (κ2) is 9.23. The summed E-state index contributed by atoms with van der Waals surface area (Å²) in [6, 6.07) is 0. The predicted molar refractivity (Wildman–Crippen MR) is 50.4 cm³/mol. The second-order valence-electron chi connectivity index (χ2n) is 3.01. The van der Waals surface area contributed by atoms with Crippen molar-refractivity contribution in [3.63, 3.8) is 0 Å². The molecule has 0 heterocycles. The quantitative estimate of drug-likeness (QED) is 0.252. The summed E-state index contributed by atoms with van der Waals surface area (Å²) in [5.74, 6) is -0.412. The van der Waals surface area contributed by atoms with Gasteiger partial charge in [-0.05, 0) is 6.42 Å². The molecule has 0 atom stereocenters. The summed E-state index contributed by atoms with van der Waals surface area (Å²) in [5.41, 5.74) is 0. The smallest absolute Gasteiger partial charge is 0.313 e. The Kier molecular flexibility index (Phi) is 8.62. The van der Waals surface area contributed by atoms with E-state index >= 15 is 0 Å². The van der Waals surface area contributed by atoms with E-state index in [0.717, 1.165) is 12.8 Å². The van der Waals surface area contributed by atoms with E-state index in [-0.39, 0.29) is 6.42 Å². The lowest BCUT2D eigenvalue weighted by atomic mass is 10.2. The summed E-state index contributed by atoms with van der Waals surface area (Å²) in [4.78, 5) is 20.6. The number of carbonyl (C=O) groups is 2. The van der Waals surface area contributed by atoms with E-state index in [1.165, 1.54) is 19.3 Å². The minimum atomic E-state index is -0.412. The van der Waals surface area contributed by atoms with Crippen molar-refractivity contribution in [3.8, 4) is 0 Å². The van der Waals surface area contributed by atoms with Gasteiger partial charge in [0, 0.05) is 0 Å². The maximum Gasteiger partial charge on any atom is 0.313 e. The zero-order valence-corrected chi connectivity index (χ0v) is 8.25. The maximum atomic E-state index is 10.7. The normalized spacial score (nSPS) is 9.62. The average Bonchev–Trinajstić information content (AvgIpc) is 2.11. The van der Waals surface area contributed by atoms with Gasteiger partial charge in [-0.15, -0.1) is 0 Å². The van der Waals surface area contributed by atoms with Crippen LogP contribution < -0.4 is 0 Å². The highest BCUT2D eigenvalue weighted by molar-refractivity contribution is 5.83. The lowest BCUT2D eigenvalue weighted by molar-refractivity contribution is -0.144. The van der Waals surface area contributed by atoms with Gasteiger partial charge in [0.05, 0.1) is 6.61 Å². The number of hydrogen-bond acceptors (Lipinski definition) is 3. The molecule has 0 bridgehead atoms. The van der Waals surface area contributed by atoms with Crippen LogP contribution in [0.25, 0.3) is 0 Å². The maximum absolute atomic E-state index is 10.7. The van der Waals surface area contributed by atoms with Crippen LogP contribution in [0.1, 0.15) is 45.4 Å². The van der Waals surface area contributed by atoms with Crippen LogP contribution in [0.2, 0.25) is 0 Å². The molecule has 76 valence electrons. The number of ether oxygens (including phenoxy) is 1. The highest BCUT2D eigenvalue weighted by Crippen LogP contribution is 2.02.